The fourth-order valence-corrected chi connectivity index (χ4v) is 2.94. The van der Waals surface area contributed by atoms with Crippen LogP contribution < -0.4 is 17.0 Å². The first-order valence-corrected chi connectivity index (χ1v) is 5.86. The van der Waals surface area contributed by atoms with Crippen molar-refractivity contribution in [1.29, 1.82) is 0 Å². The third-order valence-corrected chi connectivity index (χ3v) is 3.71. The number of rotatable bonds is 1. The first-order valence-electron chi connectivity index (χ1n) is 4.04. The number of hydrogen-bond acceptors (Lipinski definition) is 4. The number of nitrogens with one attached hydrogen (secondary N) is 1. The van der Waals surface area contributed by atoms with Crippen LogP contribution in [0.4, 0.5) is 0 Å². The van der Waals surface area contributed by atoms with Crippen molar-refractivity contribution < 1.29 is 8.42 Å². The zero-order valence-corrected chi connectivity index (χ0v) is 8.05. The van der Waals surface area contributed by atoms with E-state index < -0.39 is 9.84 Å². The highest BCUT2D eigenvalue weighted by Crippen LogP contribution is 2.14. The van der Waals surface area contributed by atoms with E-state index in [0.29, 0.717) is 6.42 Å². The lowest BCUT2D eigenvalue weighted by atomic mass is 10.2. The minimum absolute atomic E-state index is 0.0787. The summed E-state index contributed by atoms with van der Waals surface area (Å²) in [5.74, 6) is 5.42. The van der Waals surface area contributed by atoms with Crippen LogP contribution in [0.3, 0.4) is 0 Å². The van der Waals surface area contributed by atoms with Gasteiger partial charge in [0.25, 0.3) is 0 Å². The number of hydrazine groups is 1. The lowest BCUT2D eigenvalue weighted by molar-refractivity contribution is 0.552. The molecule has 5 N–H and O–H groups in total. The Hall–Kier alpha value is -0.820. The number of sulfone groups is 1. The van der Waals surface area contributed by atoms with Crippen LogP contribution in [0.5, 0.6) is 0 Å². The van der Waals surface area contributed by atoms with E-state index in [2.05, 4.69) is 10.4 Å². The number of nitrogens with zero attached hydrogens (tertiary/aromatic N) is 1. The molecule has 1 fully saturated rings. The van der Waals surface area contributed by atoms with Gasteiger partial charge in [-0.1, -0.05) is 0 Å². The molecule has 76 valence electrons. The Morgan fingerprint density at radius 1 is 1.54 bits per heavy atom. The second-order valence-electron chi connectivity index (χ2n) is 3.07. The SMILES string of the molecule is NNC(N)=NC1CCCS(=O)(=O)C1. The van der Waals surface area contributed by atoms with Crippen LogP contribution in [0.15, 0.2) is 4.99 Å². The average molecular weight is 206 g/mol. The molecule has 0 bridgehead atoms. The monoisotopic (exact) mass is 206 g/mol. The van der Waals surface area contributed by atoms with E-state index in [4.69, 9.17) is 11.6 Å². The van der Waals surface area contributed by atoms with Gasteiger partial charge in [-0.05, 0) is 12.8 Å². The Morgan fingerprint density at radius 2 is 2.23 bits per heavy atom. The Kier molecular flexibility index (Phi) is 3.10. The summed E-state index contributed by atoms with van der Waals surface area (Å²) >= 11 is 0. The van der Waals surface area contributed by atoms with Crippen LogP contribution in [0.1, 0.15) is 12.8 Å². The van der Waals surface area contributed by atoms with Crippen LogP contribution in [0, 0.1) is 0 Å². The molecule has 1 aliphatic heterocycles. The molecule has 7 heteroatoms. The van der Waals surface area contributed by atoms with Gasteiger partial charge in [-0.15, -0.1) is 0 Å². The van der Waals surface area contributed by atoms with Crippen LogP contribution in [-0.2, 0) is 9.84 Å². The van der Waals surface area contributed by atoms with Crippen molar-refractivity contribution in [3.05, 3.63) is 0 Å². The molecule has 1 heterocycles. The molecular weight excluding hydrogens is 192 g/mol. The van der Waals surface area contributed by atoms with Gasteiger partial charge in [0.15, 0.2) is 9.84 Å². The Morgan fingerprint density at radius 3 is 2.77 bits per heavy atom. The fraction of sp³-hybridized carbons (Fsp3) is 0.833. The summed E-state index contributed by atoms with van der Waals surface area (Å²) in [6, 6.07) is -0.241. The van der Waals surface area contributed by atoms with Crippen molar-refractivity contribution in [2.24, 2.45) is 16.6 Å². The molecule has 1 rings (SSSR count). The van der Waals surface area contributed by atoms with E-state index in [9.17, 15) is 8.42 Å². The summed E-state index contributed by atoms with van der Waals surface area (Å²) in [6.45, 7) is 0. The molecule has 0 aromatic carbocycles. The molecule has 1 atom stereocenters. The molecule has 0 radical (unpaired) electrons. The lowest BCUT2D eigenvalue weighted by Gasteiger charge is -2.18. The molecule has 0 aromatic rings. The molecule has 1 saturated heterocycles. The van der Waals surface area contributed by atoms with Gasteiger partial charge in [0.1, 0.15) is 0 Å². The first kappa shape index (κ1) is 10.3. The standard InChI is InChI=1S/C6H14N4O2S/c7-6(10-8)9-5-2-1-3-13(11,12)4-5/h5H,1-4,8H2,(H3,7,9,10). The Bertz CT molecular complexity index is 298. The van der Waals surface area contributed by atoms with E-state index >= 15 is 0 Å². The van der Waals surface area contributed by atoms with Crippen molar-refractivity contribution >= 4 is 15.8 Å². The normalized spacial score (nSPS) is 28.4. The highest BCUT2D eigenvalue weighted by Gasteiger charge is 2.24. The van der Waals surface area contributed by atoms with Crippen molar-refractivity contribution in [2.75, 3.05) is 11.5 Å². The van der Waals surface area contributed by atoms with Gasteiger partial charge in [0.2, 0.25) is 5.96 Å². The fourth-order valence-electron chi connectivity index (χ4n) is 1.33. The molecular formula is C6H14N4O2S. The van der Waals surface area contributed by atoms with Gasteiger partial charge in [-0.3, -0.25) is 5.43 Å². The summed E-state index contributed by atoms with van der Waals surface area (Å²) in [5, 5.41) is 0. The van der Waals surface area contributed by atoms with Gasteiger partial charge in [0.05, 0.1) is 17.5 Å². The zero-order valence-electron chi connectivity index (χ0n) is 7.23. The number of aliphatic imine (C=N–C) groups is 1. The van der Waals surface area contributed by atoms with Crippen molar-refractivity contribution in [3.63, 3.8) is 0 Å². The summed E-state index contributed by atoms with van der Waals surface area (Å²) < 4.78 is 22.3. The summed E-state index contributed by atoms with van der Waals surface area (Å²) in [4.78, 5) is 3.93. The highest BCUT2D eigenvalue weighted by atomic mass is 32.2. The minimum atomic E-state index is -2.92. The van der Waals surface area contributed by atoms with Crippen LogP contribution >= 0.6 is 0 Å². The molecule has 0 saturated carbocycles. The summed E-state index contributed by atoms with van der Waals surface area (Å²) in [5.41, 5.74) is 7.48. The highest BCUT2D eigenvalue weighted by molar-refractivity contribution is 7.91. The molecule has 0 aromatic heterocycles. The van der Waals surface area contributed by atoms with Crippen LogP contribution in [-0.4, -0.2) is 31.9 Å². The first-order chi connectivity index (χ1) is 6.03. The van der Waals surface area contributed by atoms with E-state index in [-0.39, 0.29) is 23.5 Å². The number of guanidine groups is 1. The van der Waals surface area contributed by atoms with E-state index in [1.807, 2.05) is 0 Å². The lowest BCUT2D eigenvalue weighted by Crippen LogP contribution is -2.39. The van der Waals surface area contributed by atoms with Crippen LogP contribution in [0.2, 0.25) is 0 Å². The van der Waals surface area contributed by atoms with Crippen LogP contribution in [0.25, 0.3) is 0 Å². The second kappa shape index (κ2) is 3.93. The predicted molar refractivity (Wildman–Crippen MR) is 50.6 cm³/mol. The Labute approximate surface area is 77.3 Å². The largest absolute Gasteiger partial charge is 0.369 e. The molecule has 0 aliphatic carbocycles. The quantitative estimate of drug-likeness (QED) is 0.206. The van der Waals surface area contributed by atoms with Gasteiger partial charge in [0, 0.05) is 0 Å². The maximum Gasteiger partial charge on any atom is 0.203 e. The second-order valence-corrected chi connectivity index (χ2v) is 5.30. The third kappa shape index (κ3) is 3.19. The molecule has 0 spiro atoms. The Balaban J connectivity index is 2.63. The molecule has 1 unspecified atom stereocenters. The summed E-state index contributed by atoms with van der Waals surface area (Å²) in [6.07, 6.45) is 1.40. The minimum Gasteiger partial charge on any atom is -0.369 e. The van der Waals surface area contributed by atoms with E-state index in [1.54, 1.807) is 0 Å². The topological polar surface area (TPSA) is 111 Å². The molecule has 13 heavy (non-hydrogen) atoms. The van der Waals surface area contributed by atoms with Crippen molar-refractivity contribution in [3.8, 4) is 0 Å². The number of nitrogens with two attached hydrogens (primary N) is 2. The van der Waals surface area contributed by atoms with Gasteiger partial charge in [-0.25, -0.2) is 19.3 Å². The predicted octanol–water partition coefficient (Wildman–Crippen LogP) is -1.66. The maximum absolute atomic E-state index is 11.2. The van der Waals surface area contributed by atoms with Crippen molar-refractivity contribution in [1.82, 2.24) is 5.43 Å². The van der Waals surface area contributed by atoms with Gasteiger partial charge >= 0.3 is 0 Å². The molecule has 1 aliphatic rings. The van der Waals surface area contributed by atoms with Gasteiger partial charge in [-0.2, -0.15) is 0 Å². The molecule has 6 nitrogen and oxygen atoms in total. The number of hydrogen-bond donors (Lipinski definition) is 3. The average Bonchev–Trinajstić information content (AvgIpc) is 2.02. The van der Waals surface area contributed by atoms with Crippen molar-refractivity contribution in [2.45, 2.75) is 18.9 Å². The smallest absolute Gasteiger partial charge is 0.203 e. The maximum atomic E-state index is 11.2. The van der Waals surface area contributed by atoms with E-state index in [1.165, 1.54) is 0 Å². The summed E-state index contributed by atoms with van der Waals surface area (Å²) in [7, 11) is -2.92. The van der Waals surface area contributed by atoms with E-state index in [0.717, 1.165) is 6.42 Å². The molecule has 0 amide bonds. The third-order valence-electron chi connectivity index (χ3n) is 1.91. The zero-order chi connectivity index (χ0) is 9.90. The van der Waals surface area contributed by atoms with Gasteiger partial charge < -0.3 is 5.73 Å².